The first-order chi connectivity index (χ1) is 36.7. The molecule has 0 saturated carbocycles. The van der Waals surface area contributed by atoms with Crippen LogP contribution in [0.5, 0.6) is 0 Å². The highest BCUT2D eigenvalue weighted by Crippen LogP contribution is 2.18. The third kappa shape index (κ3) is 61.2. The average molecular weight is 1040 g/mol. The van der Waals surface area contributed by atoms with Crippen molar-refractivity contribution in [3.05, 3.63) is 48.6 Å². The first-order valence-corrected chi connectivity index (χ1v) is 33.9. The summed E-state index contributed by atoms with van der Waals surface area (Å²) < 4.78 is 0. The third-order valence-electron chi connectivity index (χ3n) is 15.8. The molecule has 0 aromatic carbocycles. The first kappa shape index (κ1) is 72.3. The number of nitrogens with one attached hydrogen (secondary N) is 1. The Hall–Kier alpha value is -1.65. The normalized spacial score (nSPS) is 13.0. The summed E-state index contributed by atoms with van der Waals surface area (Å²) >= 11 is 0. The third-order valence-corrected chi connectivity index (χ3v) is 15.8. The van der Waals surface area contributed by atoms with E-state index in [1.807, 2.05) is 6.08 Å². The molecule has 0 aromatic rings. The van der Waals surface area contributed by atoms with Crippen LogP contribution >= 0.6 is 0 Å². The zero-order chi connectivity index (χ0) is 53.4. The summed E-state index contributed by atoms with van der Waals surface area (Å²) in [6, 6.07) is -0.641. The summed E-state index contributed by atoms with van der Waals surface area (Å²) in [4.78, 5) is 12.5. The van der Waals surface area contributed by atoms with Gasteiger partial charge in [-0.05, 0) is 64.2 Å². The molecule has 4 nitrogen and oxygen atoms in total. The standard InChI is InChI=1S/C70H133NO3/c1-3-5-7-9-11-13-15-17-19-21-23-25-27-29-31-33-34-35-36-38-39-41-43-45-47-49-51-53-55-57-59-61-63-65-69(73)68(67-72)71-70(74)66-64-62-60-58-56-54-52-50-48-46-44-42-40-37-32-30-28-26-24-22-20-18-16-14-12-10-8-6-4-2/h16,18,22,24,55,57,63,65,68-69,72-73H,3-15,17,19-21,23,25-54,56,58-62,64,66-67H2,1-2H3,(H,71,74)/b18-16-,24-22-,57-55+,65-63+. The number of unbranched alkanes of at least 4 members (excludes halogenated alkanes) is 50. The highest BCUT2D eigenvalue weighted by atomic mass is 16.3. The Morgan fingerprint density at radius 2 is 0.568 bits per heavy atom. The van der Waals surface area contributed by atoms with Gasteiger partial charge < -0.3 is 15.5 Å². The van der Waals surface area contributed by atoms with Crippen molar-refractivity contribution in [2.45, 2.75) is 386 Å². The fourth-order valence-electron chi connectivity index (χ4n) is 10.6. The molecular weight excluding hydrogens is 903 g/mol. The number of rotatable bonds is 63. The molecule has 1 amide bonds. The molecule has 0 saturated heterocycles. The van der Waals surface area contributed by atoms with Crippen LogP contribution < -0.4 is 5.32 Å². The zero-order valence-electron chi connectivity index (χ0n) is 50.4. The predicted molar refractivity (Wildman–Crippen MR) is 331 cm³/mol. The lowest BCUT2D eigenvalue weighted by molar-refractivity contribution is -0.123. The lowest BCUT2D eigenvalue weighted by Gasteiger charge is -2.19. The van der Waals surface area contributed by atoms with Gasteiger partial charge in [0.05, 0.1) is 18.8 Å². The fourth-order valence-corrected chi connectivity index (χ4v) is 10.6. The molecule has 4 heteroatoms. The molecule has 0 aromatic heterocycles. The van der Waals surface area contributed by atoms with Gasteiger partial charge in [0.15, 0.2) is 0 Å². The summed E-state index contributed by atoms with van der Waals surface area (Å²) in [5.41, 5.74) is 0. The van der Waals surface area contributed by atoms with E-state index < -0.39 is 12.1 Å². The Bertz CT molecular complexity index is 1170. The molecule has 436 valence electrons. The van der Waals surface area contributed by atoms with Gasteiger partial charge in [0.25, 0.3) is 0 Å². The lowest BCUT2D eigenvalue weighted by atomic mass is 10.0. The number of allylic oxidation sites excluding steroid dienone is 7. The Balaban J connectivity index is 3.46. The molecule has 0 radical (unpaired) electrons. The van der Waals surface area contributed by atoms with Crippen molar-refractivity contribution in [1.29, 1.82) is 0 Å². The van der Waals surface area contributed by atoms with Crippen LogP contribution in [0.15, 0.2) is 48.6 Å². The van der Waals surface area contributed by atoms with Gasteiger partial charge in [-0.2, -0.15) is 0 Å². The van der Waals surface area contributed by atoms with Gasteiger partial charge >= 0.3 is 0 Å². The molecule has 0 spiro atoms. The van der Waals surface area contributed by atoms with Gasteiger partial charge in [-0.25, -0.2) is 0 Å². The maximum absolute atomic E-state index is 12.5. The Kier molecular flexibility index (Phi) is 64.2. The minimum atomic E-state index is -0.864. The molecule has 0 bridgehead atoms. The van der Waals surface area contributed by atoms with Crippen molar-refractivity contribution < 1.29 is 15.0 Å². The van der Waals surface area contributed by atoms with Gasteiger partial charge in [-0.3, -0.25) is 4.79 Å². The van der Waals surface area contributed by atoms with Gasteiger partial charge in [-0.1, -0.05) is 351 Å². The summed E-state index contributed by atoms with van der Waals surface area (Å²) in [7, 11) is 0. The van der Waals surface area contributed by atoms with Crippen LogP contribution in [-0.4, -0.2) is 34.9 Å². The Morgan fingerprint density at radius 3 is 0.865 bits per heavy atom. The first-order valence-electron chi connectivity index (χ1n) is 33.9. The van der Waals surface area contributed by atoms with Gasteiger partial charge in [0.2, 0.25) is 5.91 Å². The van der Waals surface area contributed by atoms with E-state index in [0.29, 0.717) is 6.42 Å². The summed E-state index contributed by atoms with van der Waals surface area (Å²) in [5, 5.41) is 23.3. The predicted octanol–water partition coefficient (Wildman–Crippen LogP) is 22.9. The van der Waals surface area contributed by atoms with Gasteiger partial charge in [-0.15, -0.1) is 0 Å². The van der Waals surface area contributed by atoms with E-state index in [9.17, 15) is 15.0 Å². The van der Waals surface area contributed by atoms with Crippen molar-refractivity contribution in [3.8, 4) is 0 Å². The maximum Gasteiger partial charge on any atom is 0.220 e. The summed E-state index contributed by atoms with van der Waals surface area (Å²) in [6.45, 7) is 4.33. The van der Waals surface area contributed by atoms with E-state index >= 15 is 0 Å². The highest BCUT2D eigenvalue weighted by Gasteiger charge is 2.18. The van der Waals surface area contributed by atoms with Gasteiger partial charge in [0.1, 0.15) is 0 Å². The molecule has 0 aliphatic carbocycles. The van der Waals surface area contributed by atoms with E-state index in [-0.39, 0.29) is 12.5 Å². The lowest BCUT2D eigenvalue weighted by Crippen LogP contribution is -2.45. The minimum absolute atomic E-state index is 0.0681. The quantitative estimate of drug-likeness (QED) is 0.0420. The number of aliphatic hydroxyl groups excluding tert-OH is 2. The molecule has 0 aliphatic rings. The molecule has 0 rings (SSSR count). The van der Waals surface area contributed by atoms with E-state index in [0.717, 1.165) is 38.5 Å². The van der Waals surface area contributed by atoms with E-state index in [1.54, 1.807) is 6.08 Å². The second-order valence-corrected chi connectivity index (χ2v) is 23.2. The van der Waals surface area contributed by atoms with Crippen LogP contribution in [0.1, 0.15) is 373 Å². The van der Waals surface area contributed by atoms with Crippen LogP contribution in [0.25, 0.3) is 0 Å². The zero-order valence-corrected chi connectivity index (χ0v) is 50.4. The minimum Gasteiger partial charge on any atom is -0.394 e. The molecule has 0 fully saturated rings. The van der Waals surface area contributed by atoms with E-state index in [4.69, 9.17) is 0 Å². The Labute approximate surface area is 464 Å². The molecule has 0 heterocycles. The second-order valence-electron chi connectivity index (χ2n) is 23.2. The average Bonchev–Trinajstić information content (AvgIpc) is 3.40. The monoisotopic (exact) mass is 1040 g/mol. The fraction of sp³-hybridized carbons (Fsp3) is 0.871. The second kappa shape index (κ2) is 65.6. The molecule has 0 aliphatic heterocycles. The maximum atomic E-state index is 12.5. The van der Waals surface area contributed by atoms with Crippen molar-refractivity contribution in [3.63, 3.8) is 0 Å². The van der Waals surface area contributed by atoms with E-state index in [1.165, 1.54) is 315 Å². The number of hydrogen-bond donors (Lipinski definition) is 3. The number of amides is 1. The molecular formula is C70H133NO3. The van der Waals surface area contributed by atoms with Crippen LogP contribution in [0.2, 0.25) is 0 Å². The van der Waals surface area contributed by atoms with Crippen molar-refractivity contribution in [1.82, 2.24) is 5.32 Å². The molecule has 2 unspecified atom stereocenters. The number of carbonyl (C=O) groups excluding carboxylic acids is 1. The number of aliphatic hydroxyl groups is 2. The summed E-state index contributed by atoms with van der Waals surface area (Å²) in [5.74, 6) is -0.0681. The van der Waals surface area contributed by atoms with E-state index in [2.05, 4.69) is 55.6 Å². The summed E-state index contributed by atoms with van der Waals surface area (Å²) in [6.07, 6.45) is 91.9. The largest absolute Gasteiger partial charge is 0.394 e. The molecule has 74 heavy (non-hydrogen) atoms. The van der Waals surface area contributed by atoms with Gasteiger partial charge in [0, 0.05) is 6.42 Å². The molecule has 2 atom stereocenters. The van der Waals surface area contributed by atoms with Crippen molar-refractivity contribution >= 4 is 5.91 Å². The van der Waals surface area contributed by atoms with Crippen LogP contribution in [0.4, 0.5) is 0 Å². The SMILES string of the molecule is CCCCCCC/C=C\C/C=C\CCCCCCCCCCCCCCCCCCCC(=O)NC(CO)C(O)/C=C/CC/C=C/CCCCCCCCCCCCCCCCCCCCCCCCCCCCC. The van der Waals surface area contributed by atoms with Crippen molar-refractivity contribution in [2.24, 2.45) is 0 Å². The smallest absolute Gasteiger partial charge is 0.220 e. The van der Waals surface area contributed by atoms with Crippen LogP contribution in [0, 0.1) is 0 Å². The number of hydrogen-bond acceptors (Lipinski definition) is 3. The number of carbonyl (C=O) groups is 1. The van der Waals surface area contributed by atoms with Crippen molar-refractivity contribution in [2.75, 3.05) is 6.61 Å². The Morgan fingerprint density at radius 1 is 0.324 bits per heavy atom. The molecule has 3 N–H and O–H groups in total. The topological polar surface area (TPSA) is 69.6 Å². The highest BCUT2D eigenvalue weighted by molar-refractivity contribution is 5.76. The van der Waals surface area contributed by atoms with Crippen LogP contribution in [-0.2, 0) is 4.79 Å². The van der Waals surface area contributed by atoms with Crippen LogP contribution in [0.3, 0.4) is 0 Å².